The zero-order valence-electron chi connectivity index (χ0n) is 16.9. The first-order chi connectivity index (χ1) is 13.8. The van der Waals surface area contributed by atoms with Gasteiger partial charge in [0.1, 0.15) is 18.8 Å². The second-order valence-corrected chi connectivity index (χ2v) is 7.47. The minimum atomic E-state index is -0.134. The maximum Gasteiger partial charge on any atom is 0.175 e. The van der Waals surface area contributed by atoms with Crippen molar-refractivity contribution < 1.29 is 19.2 Å². The van der Waals surface area contributed by atoms with Crippen LogP contribution in [0.25, 0.3) is 0 Å². The molecule has 4 heteroatoms. The van der Waals surface area contributed by atoms with Crippen LogP contribution in [-0.2, 0) is 4.74 Å². The van der Waals surface area contributed by atoms with Crippen molar-refractivity contribution >= 4 is 5.78 Å². The molecule has 2 aromatic rings. The number of Topliss-reactive ketones (excluding diaryl/α,β-unsaturated/α-hetero) is 1. The zero-order valence-corrected chi connectivity index (χ0v) is 16.9. The highest BCUT2D eigenvalue weighted by molar-refractivity contribution is 6.01. The molecule has 2 aromatic carbocycles. The summed E-state index contributed by atoms with van der Waals surface area (Å²) in [6.45, 7) is 7.18. The number of hydrogen-bond acceptors (Lipinski definition) is 3. The lowest BCUT2D eigenvalue weighted by Crippen LogP contribution is -3.14. The summed E-state index contributed by atoms with van der Waals surface area (Å²) in [6.07, 6.45) is 3.43. The van der Waals surface area contributed by atoms with Crippen molar-refractivity contribution in [1.29, 1.82) is 0 Å². The van der Waals surface area contributed by atoms with E-state index in [0.29, 0.717) is 0 Å². The van der Waals surface area contributed by atoms with Gasteiger partial charge in [0.2, 0.25) is 0 Å². The van der Waals surface area contributed by atoms with Crippen LogP contribution in [-0.4, -0.2) is 45.2 Å². The van der Waals surface area contributed by atoms with Crippen LogP contribution in [0.5, 0.6) is 5.75 Å². The highest BCUT2D eigenvalue weighted by atomic mass is 16.5. The predicted molar refractivity (Wildman–Crippen MR) is 111 cm³/mol. The average Bonchev–Trinajstić information content (AvgIpc) is 2.76. The average molecular weight is 383 g/mol. The molecule has 1 fully saturated rings. The van der Waals surface area contributed by atoms with Crippen LogP contribution in [0.4, 0.5) is 0 Å². The Kier molecular flexibility index (Phi) is 8.07. The van der Waals surface area contributed by atoms with Crippen LogP contribution in [0.2, 0.25) is 0 Å². The quantitative estimate of drug-likeness (QED) is 0.507. The fourth-order valence-corrected chi connectivity index (χ4v) is 3.66. The Morgan fingerprint density at radius 1 is 1.04 bits per heavy atom. The molecule has 0 aromatic heterocycles. The molecule has 4 nitrogen and oxygen atoms in total. The molecular weight excluding hydrogens is 350 g/mol. The standard InChI is InChI=1S/C24H31NO3/c1-2-3-7-16-28-22-12-10-21(11-13-22)24(26)23(20-8-5-4-6-9-20)19-25-14-17-27-18-15-25/h4-6,8-13,23H,2-3,7,14-19H2,1H3/p+1/t23-/m0/s1. The monoisotopic (exact) mass is 382 g/mol. The number of carbonyl (C=O) groups excluding carboxylic acids is 1. The van der Waals surface area contributed by atoms with Gasteiger partial charge in [-0.2, -0.15) is 0 Å². The van der Waals surface area contributed by atoms with Crippen molar-refractivity contribution in [2.45, 2.75) is 32.1 Å². The highest BCUT2D eigenvalue weighted by Gasteiger charge is 2.28. The third-order valence-electron chi connectivity index (χ3n) is 5.37. The van der Waals surface area contributed by atoms with Crippen LogP contribution < -0.4 is 9.64 Å². The first-order valence-electron chi connectivity index (χ1n) is 10.5. The Labute approximate surface area is 168 Å². The van der Waals surface area contributed by atoms with Gasteiger partial charge < -0.3 is 14.4 Å². The summed E-state index contributed by atoms with van der Waals surface area (Å²) in [4.78, 5) is 14.8. The second kappa shape index (κ2) is 11.0. The van der Waals surface area contributed by atoms with E-state index in [9.17, 15) is 4.79 Å². The van der Waals surface area contributed by atoms with Gasteiger partial charge in [-0.15, -0.1) is 0 Å². The van der Waals surface area contributed by atoms with Crippen molar-refractivity contribution in [1.82, 2.24) is 0 Å². The van der Waals surface area contributed by atoms with Crippen LogP contribution in [0.3, 0.4) is 0 Å². The third-order valence-corrected chi connectivity index (χ3v) is 5.37. The van der Waals surface area contributed by atoms with E-state index in [0.717, 1.165) is 62.8 Å². The van der Waals surface area contributed by atoms with Crippen molar-refractivity contribution in [3.05, 3.63) is 65.7 Å². The van der Waals surface area contributed by atoms with E-state index >= 15 is 0 Å². The van der Waals surface area contributed by atoms with Crippen molar-refractivity contribution in [2.24, 2.45) is 0 Å². The Hall–Kier alpha value is -2.17. The number of unbranched alkanes of at least 4 members (excludes halogenated alkanes) is 2. The molecule has 0 unspecified atom stereocenters. The molecule has 0 amide bonds. The summed E-state index contributed by atoms with van der Waals surface area (Å²) in [5.74, 6) is 0.885. The van der Waals surface area contributed by atoms with Crippen molar-refractivity contribution in [3.8, 4) is 5.75 Å². The third kappa shape index (κ3) is 5.91. The molecule has 0 saturated carbocycles. The van der Waals surface area contributed by atoms with Gasteiger partial charge in [0.05, 0.1) is 32.3 Å². The summed E-state index contributed by atoms with van der Waals surface area (Å²) in [6, 6.07) is 17.8. The van der Waals surface area contributed by atoms with Crippen LogP contribution >= 0.6 is 0 Å². The predicted octanol–water partition coefficient (Wildman–Crippen LogP) is 3.14. The minimum absolute atomic E-state index is 0.134. The van der Waals surface area contributed by atoms with E-state index in [1.807, 2.05) is 42.5 Å². The molecule has 0 radical (unpaired) electrons. The molecule has 1 aliphatic rings. The van der Waals surface area contributed by atoms with Crippen LogP contribution in [0.1, 0.15) is 48.0 Å². The number of benzene rings is 2. The molecule has 0 aliphatic carbocycles. The molecular formula is C24H32NO3+. The van der Waals surface area contributed by atoms with Gasteiger partial charge in [0, 0.05) is 5.56 Å². The van der Waals surface area contributed by atoms with Gasteiger partial charge in [-0.1, -0.05) is 50.1 Å². The number of nitrogens with one attached hydrogen (secondary N) is 1. The number of ketones is 1. The van der Waals surface area contributed by atoms with Crippen molar-refractivity contribution in [2.75, 3.05) is 39.5 Å². The zero-order chi connectivity index (χ0) is 19.6. The Bertz CT molecular complexity index is 708. The van der Waals surface area contributed by atoms with E-state index in [2.05, 4.69) is 19.1 Å². The molecule has 1 heterocycles. The van der Waals surface area contributed by atoms with E-state index in [1.54, 1.807) is 0 Å². The van der Waals surface area contributed by atoms with E-state index in [1.165, 1.54) is 17.7 Å². The van der Waals surface area contributed by atoms with Gasteiger partial charge in [-0.3, -0.25) is 4.79 Å². The smallest absolute Gasteiger partial charge is 0.175 e. The van der Waals surface area contributed by atoms with Crippen molar-refractivity contribution in [3.63, 3.8) is 0 Å². The Morgan fingerprint density at radius 2 is 1.75 bits per heavy atom. The number of rotatable bonds is 10. The number of carbonyl (C=O) groups is 1. The molecule has 0 bridgehead atoms. The number of quaternary nitrogens is 1. The lowest BCUT2D eigenvalue weighted by atomic mass is 9.90. The molecule has 1 N–H and O–H groups in total. The fourth-order valence-electron chi connectivity index (χ4n) is 3.66. The lowest BCUT2D eigenvalue weighted by molar-refractivity contribution is -0.908. The Morgan fingerprint density at radius 3 is 2.43 bits per heavy atom. The summed E-state index contributed by atoms with van der Waals surface area (Å²) < 4.78 is 11.3. The molecule has 1 atom stereocenters. The second-order valence-electron chi connectivity index (χ2n) is 7.47. The molecule has 1 aliphatic heterocycles. The summed E-state index contributed by atoms with van der Waals surface area (Å²) in [5.41, 5.74) is 1.84. The van der Waals surface area contributed by atoms with Crippen LogP contribution in [0.15, 0.2) is 54.6 Å². The number of morpholine rings is 1. The molecule has 3 rings (SSSR count). The molecule has 0 spiro atoms. The van der Waals surface area contributed by atoms with Gasteiger partial charge in [-0.05, 0) is 36.2 Å². The topological polar surface area (TPSA) is 40.0 Å². The summed E-state index contributed by atoms with van der Waals surface area (Å²) in [7, 11) is 0. The summed E-state index contributed by atoms with van der Waals surface area (Å²) >= 11 is 0. The first kappa shape index (κ1) is 20.6. The largest absolute Gasteiger partial charge is 0.494 e. The van der Waals surface area contributed by atoms with Gasteiger partial charge in [-0.25, -0.2) is 0 Å². The first-order valence-corrected chi connectivity index (χ1v) is 10.5. The minimum Gasteiger partial charge on any atom is -0.494 e. The normalized spacial score (nSPS) is 15.9. The molecule has 1 saturated heterocycles. The van der Waals surface area contributed by atoms with Gasteiger partial charge in [0.15, 0.2) is 5.78 Å². The highest BCUT2D eigenvalue weighted by Crippen LogP contribution is 2.22. The van der Waals surface area contributed by atoms with E-state index in [4.69, 9.17) is 9.47 Å². The Balaban J connectivity index is 1.69. The lowest BCUT2D eigenvalue weighted by Gasteiger charge is -2.27. The number of hydrogen-bond donors (Lipinski definition) is 1. The maximum atomic E-state index is 13.3. The maximum absolute atomic E-state index is 13.3. The van der Waals surface area contributed by atoms with Crippen LogP contribution in [0, 0.1) is 0 Å². The molecule has 28 heavy (non-hydrogen) atoms. The van der Waals surface area contributed by atoms with Gasteiger partial charge in [0.25, 0.3) is 0 Å². The number of ether oxygens (including phenoxy) is 2. The van der Waals surface area contributed by atoms with E-state index in [-0.39, 0.29) is 11.7 Å². The van der Waals surface area contributed by atoms with E-state index < -0.39 is 0 Å². The molecule has 150 valence electrons. The van der Waals surface area contributed by atoms with Gasteiger partial charge >= 0.3 is 0 Å². The summed E-state index contributed by atoms with van der Waals surface area (Å²) in [5, 5.41) is 0. The SMILES string of the molecule is CCCCCOc1ccc(C(=O)[C@@H](C[NH+]2CCOCC2)c2ccccc2)cc1. The fraction of sp³-hybridized carbons (Fsp3) is 0.458.